The van der Waals surface area contributed by atoms with Crippen LogP contribution in [0.1, 0.15) is 36.9 Å². The average molecular weight is 498 g/mol. The van der Waals surface area contributed by atoms with E-state index in [2.05, 4.69) is 45.1 Å². The van der Waals surface area contributed by atoms with Crippen molar-refractivity contribution < 1.29 is 5.11 Å². The van der Waals surface area contributed by atoms with Crippen molar-refractivity contribution in [3.63, 3.8) is 0 Å². The molecule has 5 aromatic rings. The number of anilines is 3. The molecular formula is C27H27N7OS. The molecule has 9 heteroatoms. The molecule has 0 radical (unpaired) electrons. The SMILES string of the molecule is O[C@H]1CC[C@H](Nc2nc(Cc3ccccc3)cc(Nc3nc4ccc(-c5cn[nH]c5)cc4s3)n2)CC1. The van der Waals surface area contributed by atoms with Gasteiger partial charge in [-0.05, 0) is 48.9 Å². The van der Waals surface area contributed by atoms with Crippen LogP contribution in [0, 0.1) is 0 Å². The summed E-state index contributed by atoms with van der Waals surface area (Å²) in [6.07, 6.45) is 7.65. The molecule has 0 aliphatic heterocycles. The number of thiazole rings is 1. The molecule has 1 aliphatic rings. The Kier molecular flexibility index (Phi) is 6.31. The van der Waals surface area contributed by atoms with E-state index in [0.29, 0.717) is 18.2 Å². The van der Waals surface area contributed by atoms with Gasteiger partial charge in [-0.15, -0.1) is 0 Å². The van der Waals surface area contributed by atoms with Crippen molar-refractivity contribution in [1.82, 2.24) is 25.1 Å². The summed E-state index contributed by atoms with van der Waals surface area (Å²) in [5.41, 5.74) is 5.21. The van der Waals surface area contributed by atoms with E-state index in [1.807, 2.05) is 42.7 Å². The van der Waals surface area contributed by atoms with Gasteiger partial charge in [0.1, 0.15) is 5.82 Å². The highest BCUT2D eigenvalue weighted by molar-refractivity contribution is 7.22. The molecule has 3 heterocycles. The van der Waals surface area contributed by atoms with Gasteiger partial charge in [-0.3, -0.25) is 5.10 Å². The van der Waals surface area contributed by atoms with E-state index in [-0.39, 0.29) is 12.1 Å². The van der Waals surface area contributed by atoms with Crippen molar-refractivity contribution in [2.24, 2.45) is 0 Å². The second-order valence-electron chi connectivity index (χ2n) is 9.19. The van der Waals surface area contributed by atoms with E-state index in [4.69, 9.17) is 15.0 Å². The predicted octanol–water partition coefficient (Wildman–Crippen LogP) is 5.53. The van der Waals surface area contributed by atoms with Crippen molar-refractivity contribution in [3.05, 3.63) is 78.2 Å². The largest absolute Gasteiger partial charge is 0.393 e. The first-order valence-corrected chi connectivity index (χ1v) is 13.0. The normalized spacial score (nSPS) is 17.8. The first-order valence-electron chi connectivity index (χ1n) is 12.2. The number of rotatable bonds is 7. The van der Waals surface area contributed by atoms with E-state index in [9.17, 15) is 5.11 Å². The summed E-state index contributed by atoms with van der Waals surface area (Å²) < 4.78 is 1.09. The zero-order chi connectivity index (χ0) is 24.3. The van der Waals surface area contributed by atoms with Crippen molar-refractivity contribution in [3.8, 4) is 11.1 Å². The lowest BCUT2D eigenvalue weighted by Gasteiger charge is -2.26. The highest BCUT2D eigenvalue weighted by Gasteiger charge is 2.20. The quantitative estimate of drug-likeness (QED) is 0.234. The Morgan fingerprint density at radius 3 is 2.61 bits per heavy atom. The Morgan fingerprint density at radius 2 is 1.81 bits per heavy atom. The highest BCUT2D eigenvalue weighted by Crippen LogP contribution is 2.32. The van der Waals surface area contributed by atoms with E-state index in [0.717, 1.165) is 57.9 Å². The molecule has 36 heavy (non-hydrogen) atoms. The van der Waals surface area contributed by atoms with Gasteiger partial charge in [0.05, 0.1) is 28.2 Å². The van der Waals surface area contributed by atoms with Crippen LogP contribution in [0.2, 0.25) is 0 Å². The van der Waals surface area contributed by atoms with Crippen molar-refractivity contribution >= 4 is 38.5 Å². The molecule has 0 atom stereocenters. The molecule has 1 saturated carbocycles. The lowest BCUT2D eigenvalue weighted by atomic mass is 9.93. The molecule has 4 N–H and O–H groups in total. The van der Waals surface area contributed by atoms with E-state index < -0.39 is 0 Å². The maximum atomic E-state index is 9.86. The third-order valence-corrected chi connectivity index (χ3v) is 7.43. The second kappa shape index (κ2) is 10.0. The number of aliphatic hydroxyl groups excluding tert-OH is 1. The standard InChI is InChI=1S/C27H27N7OS/c35-22-9-7-20(8-10-22)30-26-31-21(12-17-4-2-1-3-5-17)14-25(33-26)34-27-32-23-11-6-18(13-24(23)36-27)19-15-28-29-16-19/h1-6,11,13-16,20,22,35H,7-10,12H2,(H,28,29)(H2,30,31,32,33,34)/t20-,22-. The number of aromatic nitrogens is 5. The monoisotopic (exact) mass is 497 g/mol. The first kappa shape index (κ1) is 22.6. The maximum Gasteiger partial charge on any atom is 0.225 e. The van der Waals surface area contributed by atoms with Gasteiger partial charge in [0.2, 0.25) is 5.95 Å². The molecule has 0 bridgehead atoms. The molecule has 0 amide bonds. The van der Waals surface area contributed by atoms with Crippen LogP contribution in [0.5, 0.6) is 0 Å². The number of nitrogens with zero attached hydrogens (tertiary/aromatic N) is 4. The van der Waals surface area contributed by atoms with E-state index in [1.54, 1.807) is 11.3 Å². The molecule has 1 fully saturated rings. The molecule has 0 unspecified atom stereocenters. The van der Waals surface area contributed by atoms with Gasteiger partial charge >= 0.3 is 0 Å². The Bertz CT molecular complexity index is 1440. The molecule has 2 aromatic carbocycles. The first-order chi connectivity index (χ1) is 17.7. The average Bonchev–Trinajstić information content (AvgIpc) is 3.55. The van der Waals surface area contributed by atoms with Crippen LogP contribution in [0.3, 0.4) is 0 Å². The molecule has 3 aromatic heterocycles. The smallest absolute Gasteiger partial charge is 0.225 e. The molecule has 1 aliphatic carbocycles. The number of H-pyrrole nitrogens is 1. The molecule has 0 saturated heterocycles. The van der Waals surface area contributed by atoms with Gasteiger partial charge in [0.15, 0.2) is 5.13 Å². The Hall–Kier alpha value is -3.82. The number of aliphatic hydroxyl groups is 1. The number of nitrogens with one attached hydrogen (secondary N) is 3. The lowest BCUT2D eigenvalue weighted by Crippen LogP contribution is -2.29. The minimum atomic E-state index is -0.196. The van der Waals surface area contributed by atoms with Gasteiger partial charge in [-0.25, -0.2) is 9.97 Å². The summed E-state index contributed by atoms with van der Waals surface area (Å²) in [6, 6.07) is 18.8. The van der Waals surface area contributed by atoms with Crippen LogP contribution in [0.25, 0.3) is 21.3 Å². The van der Waals surface area contributed by atoms with Crippen LogP contribution in [0.15, 0.2) is 67.0 Å². The van der Waals surface area contributed by atoms with Gasteiger partial charge < -0.3 is 15.7 Å². The van der Waals surface area contributed by atoms with Gasteiger partial charge in [0, 0.05) is 30.3 Å². The molecule has 6 rings (SSSR count). The molecule has 0 spiro atoms. The van der Waals surface area contributed by atoms with Crippen LogP contribution in [0.4, 0.5) is 16.9 Å². The van der Waals surface area contributed by atoms with Crippen LogP contribution < -0.4 is 10.6 Å². The van der Waals surface area contributed by atoms with Gasteiger partial charge in [0.25, 0.3) is 0 Å². The second-order valence-corrected chi connectivity index (χ2v) is 10.2. The van der Waals surface area contributed by atoms with Gasteiger partial charge in [-0.2, -0.15) is 10.1 Å². The van der Waals surface area contributed by atoms with Gasteiger partial charge in [-0.1, -0.05) is 47.7 Å². The fraction of sp³-hybridized carbons (Fsp3) is 0.259. The van der Waals surface area contributed by atoms with Crippen LogP contribution >= 0.6 is 11.3 Å². The van der Waals surface area contributed by atoms with Crippen LogP contribution in [-0.2, 0) is 6.42 Å². The zero-order valence-corrected chi connectivity index (χ0v) is 20.5. The Labute approximate surface area is 212 Å². The summed E-state index contributed by atoms with van der Waals surface area (Å²) in [5.74, 6) is 1.32. The fourth-order valence-corrected chi connectivity index (χ4v) is 5.51. The van der Waals surface area contributed by atoms with Crippen molar-refractivity contribution in [2.75, 3.05) is 10.6 Å². The number of hydrogen-bond donors (Lipinski definition) is 4. The number of benzene rings is 2. The summed E-state index contributed by atoms with van der Waals surface area (Å²) in [5, 5.41) is 24.5. The van der Waals surface area contributed by atoms with Crippen molar-refractivity contribution in [1.29, 1.82) is 0 Å². The molecular weight excluding hydrogens is 470 g/mol. The molecule has 182 valence electrons. The summed E-state index contributed by atoms with van der Waals surface area (Å²) in [7, 11) is 0. The third-order valence-electron chi connectivity index (χ3n) is 6.49. The minimum Gasteiger partial charge on any atom is -0.393 e. The predicted molar refractivity (Wildman–Crippen MR) is 144 cm³/mol. The van der Waals surface area contributed by atoms with Crippen LogP contribution in [-0.4, -0.2) is 42.4 Å². The minimum absolute atomic E-state index is 0.196. The third kappa shape index (κ3) is 5.22. The summed E-state index contributed by atoms with van der Waals surface area (Å²) in [4.78, 5) is 14.4. The van der Waals surface area contributed by atoms with E-state index in [1.165, 1.54) is 5.56 Å². The Morgan fingerprint density at radius 1 is 0.944 bits per heavy atom. The number of hydrogen-bond acceptors (Lipinski definition) is 8. The fourth-order valence-electron chi connectivity index (χ4n) is 4.60. The summed E-state index contributed by atoms with van der Waals surface area (Å²) >= 11 is 1.59. The van der Waals surface area contributed by atoms with Crippen molar-refractivity contribution in [2.45, 2.75) is 44.2 Å². The topological polar surface area (TPSA) is 112 Å². The molecule has 8 nitrogen and oxygen atoms in total. The number of aromatic amines is 1. The van der Waals surface area contributed by atoms with E-state index >= 15 is 0 Å². The summed E-state index contributed by atoms with van der Waals surface area (Å²) in [6.45, 7) is 0. The number of fused-ring (bicyclic) bond motifs is 1. The highest BCUT2D eigenvalue weighted by atomic mass is 32.1. The zero-order valence-electron chi connectivity index (χ0n) is 19.7. The maximum absolute atomic E-state index is 9.86. The lowest BCUT2D eigenvalue weighted by molar-refractivity contribution is 0.126. The Balaban J connectivity index is 1.27.